The number of rotatable bonds is 6. The molecule has 0 aliphatic heterocycles. The van der Waals surface area contributed by atoms with Gasteiger partial charge in [-0.1, -0.05) is 6.08 Å². The van der Waals surface area contributed by atoms with Crippen LogP contribution in [0.4, 0.5) is 0 Å². The predicted molar refractivity (Wildman–Crippen MR) is 82.0 cm³/mol. The lowest BCUT2D eigenvalue weighted by Crippen LogP contribution is -2.33. The Bertz CT molecular complexity index is 616. The molecule has 6 heteroatoms. The topological polar surface area (TPSA) is 70.5 Å². The summed E-state index contributed by atoms with van der Waals surface area (Å²) in [7, 11) is 0. The van der Waals surface area contributed by atoms with Crippen LogP contribution in [0, 0.1) is 6.92 Å². The molecule has 1 aromatic rings. The maximum atomic E-state index is 12.4. The van der Waals surface area contributed by atoms with Gasteiger partial charge in [-0.05, 0) is 31.9 Å². The van der Waals surface area contributed by atoms with Crippen molar-refractivity contribution in [3.05, 3.63) is 33.8 Å². The third-order valence-electron chi connectivity index (χ3n) is 3.33. The molecule has 1 aliphatic carbocycles. The van der Waals surface area contributed by atoms with Crippen molar-refractivity contribution >= 4 is 28.8 Å². The number of carbonyl (C=O) groups excluding carboxylic acids is 1. The number of nitrogens with zero attached hydrogens (tertiary/aromatic N) is 2. The van der Waals surface area contributed by atoms with Gasteiger partial charge in [-0.2, -0.15) is 0 Å². The van der Waals surface area contributed by atoms with Gasteiger partial charge in [0.1, 0.15) is 0 Å². The van der Waals surface area contributed by atoms with E-state index >= 15 is 0 Å². The lowest BCUT2D eigenvalue weighted by Gasteiger charge is -2.20. The normalized spacial score (nSPS) is 13.8. The molecule has 112 valence electrons. The first-order chi connectivity index (χ1) is 10.0. The number of aliphatic carboxylic acids is 1. The van der Waals surface area contributed by atoms with Gasteiger partial charge in [0.25, 0.3) is 0 Å². The highest BCUT2D eigenvalue weighted by atomic mass is 32.1. The molecule has 0 radical (unpaired) electrons. The van der Waals surface area contributed by atoms with E-state index in [4.69, 9.17) is 5.11 Å². The van der Waals surface area contributed by atoms with Gasteiger partial charge in [-0.3, -0.25) is 9.59 Å². The molecule has 1 aromatic heterocycles. The van der Waals surface area contributed by atoms with E-state index in [2.05, 4.69) is 4.98 Å². The van der Waals surface area contributed by atoms with E-state index < -0.39 is 5.97 Å². The smallest absolute Gasteiger partial charge is 0.305 e. The summed E-state index contributed by atoms with van der Waals surface area (Å²) in [6.45, 7) is 4.55. The molecule has 0 aromatic carbocycles. The number of thiazole rings is 1. The van der Waals surface area contributed by atoms with Crippen LogP contribution in [0.5, 0.6) is 0 Å². The maximum absolute atomic E-state index is 12.4. The number of aromatic nitrogens is 1. The summed E-state index contributed by atoms with van der Waals surface area (Å²) in [5.74, 6) is -0.977. The quantitative estimate of drug-likeness (QED) is 0.876. The summed E-state index contributed by atoms with van der Waals surface area (Å²) < 4.78 is 0. The Morgan fingerprint density at radius 1 is 1.48 bits per heavy atom. The SMILES string of the molecule is CCN(CCC(=O)O)C(=O)C1=CC(c2csc(C)n2)=CC1. The summed E-state index contributed by atoms with van der Waals surface area (Å²) in [4.78, 5) is 29.0. The highest BCUT2D eigenvalue weighted by molar-refractivity contribution is 7.09. The van der Waals surface area contributed by atoms with Crippen LogP contribution in [0.3, 0.4) is 0 Å². The Balaban J connectivity index is 2.05. The number of allylic oxidation sites excluding steroid dienone is 3. The molecule has 0 saturated heterocycles. The third kappa shape index (κ3) is 3.78. The largest absolute Gasteiger partial charge is 0.481 e. The molecule has 21 heavy (non-hydrogen) atoms. The van der Waals surface area contributed by atoms with Gasteiger partial charge >= 0.3 is 5.97 Å². The number of carbonyl (C=O) groups is 2. The van der Waals surface area contributed by atoms with Gasteiger partial charge in [-0.15, -0.1) is 11.3 Å². The molecule has 5 nitrogen and oxygen atoms in total. The first kappa shape index (κ1) is 15.4. The molecule has 1 aliphatic rings. The average molecular weight is 306 g/mol. The minimum absolute atomic E-state index is 0.0293. The van der Waals surface area contributed by atoms with Gasteiger partial charge in [0.15, 0.2) is 0 Å². The van der Waals surface area contributed by atoms with Crippen LogP contribution in [-0.4, -0.2) is 40.0 Å². The number of carboxylic acids is 1. The molecule has 1 amide bonds. The van der Waals surface area contributed by atoms with E-state index in [9.17, 15) is 9.59 Å². The first-order valence-electron chi connectivity index (χ1n) is 6.85. The van der Waals surface area contributed by atoms with Crippen molar-refractivity contribution in [1.82, 2.24) is 9.88 Å². The van der Waals surface area contributed by atoms with Crippen molar-refractivity contribution in [3.63, 3.8) is 0 Å². The Kier molecular flexibility index (Phi) is 4.90. The van der Waals surface area contributed by atoms with Gasteiger partial charge in [0, 0.05) is 24.0 Å². The highest BCUT2D eigenvalue weighted by Crippen LogP contribution is 2.28. The Morgan fingerprint density at radius 2 is 2.24 bits per heavy atom. The number of likely N-dealkylation sites (N-methyl/N-ethyl adjacent to an activating group) is 1. The van der Waals surface area contributed by atoms with E-state index in [-0.39, 0.29) is 18.9 Å². The van der Waals surface area contributed by atoms with E-state index in [1.54, 1.807) is 16.2 Å². The summed E-state index contributed by atoms with van der Waals surface area (Å²) in [6, 6.07) is 0. The van der Waals surface area contributed by atoms with Crippen LogP contribution in [0.2, 0.25) is 0 Å². The molecular formula is C15H18N2O3S. The van der Waals surface area contributed by atoms with Crippen LogP contribution in [0.25, 0.3) is 5.57 Å². The number of hydrogen-bond donors (Lipinski definition) is 1. The summed E-state index contributed by atoms with van der Waals surface area (Å²) in [6.07, 6.45) is 4.40. The van der Waals surface area contributed by atoms with Crippen LogP contribution in [0.1, 0.15) is 30.5 Å². The predicted octanol–water partition coefficient (Wildman–Crippen LogP) is 2.49. The standard InChI is InChI=1S/C15H18N2O3S/c1-3-17(7-6-14(18)19)15(20)12-5-4-11(8-12)13-9-21-10(2)16-13/h4,8-9H,3,5-7H2,1-2H3,(H,18,19). The number of aryl methyl sites for hydroxylation is 1. The molecule has 0 unspecified atom stereocenters. The maximum Gasteiger partial charge on any atom is 0.305 e. The fraction of sp³-hybridized carbons (Fsp3) is 0.400. The number of amides is 1. The lowest BCUT2D eigenvalue weighted by atomic mass is 10.2. The zero-order valence-corrected chi connectivity index (χ0v) is 12.9. The fourth-order valence-corrected chi connectivity index (χ4v) is 2.81. The van der Waals surface area contributed by atoms with E-state index in [0.717, 1.165) is 16.3 Å². The van der Waals surface area contributed by atoms with Gasteiger partial charge in [-0.25, -0.2) is 4.98 Å². The van der Waals surface area contributed by atoms with Crippen molar-refractivity contribution in [2.75, 3.05) is 13.1 Å². The highest BCUT2D eigenvalue weighted by Gasteiger charge is 2.21. The number of hydrogen-bond acceptors (Lipinski definition) is 4. The molecule has 0 atom stereocenters. The van der Waals surface area contributed by atoms with E-state index in [1.807, 2.05) is 31.4 Å². The molecule has 0 saturated carbocycles. The minimum Gasteiger partial charge on any atom is -0.481 e. The van der Waals surface area contributed by atoms with Gasteiger partial charge in [0.05, 0.1) is 17.1 Å². The Labute approximate surface area is 127 Å². The second-order valence-corrected chi connectivity index (χ2v) is 5.88. The summed E-state index contributed by atoms with van der Waals surface area (Å²) >= 11 is 1.58. The van der Waals surface area contributed by atoms with Gasteiger partial charge < -0.3 is 10.0 Å². The van der Waals surface area contributed by atoms with Crippen molar-refractivity contribution in [2.24, 2.45) is 0 Å². The van der Waals surface area contributed by atoms with Crippen LogP contribution in [-0.2, 0) is 9.59 Å². The molecule has 1 N–H and O–H groups in total. The number of carboxylic acid groups (broad SMARTS) is 1. The van der Waals surface area contributed by atoms with Crippen LogP contribution < -0.4 is 0 Å². The van der Waals surface area contributed by atoms with Crippen molar-refractivity contribution in [2.45, 2.75) is 26.7 Å². The molecule has 2 rings (SSSR count). The van der Waals surface area contributed by atoms with Crippen molar-refractivity contribution in [3.8, 4) is 0 Å². The Morgan fingerprint density at radius 3 is 2.81 bits per heavy atom. The van der Waals surface area contributed by atoms with Crippen LogP contribution >= 0.6 is 11.3 Å². The molecular weight excluding hydrogens is 288 g/mol. The van der Waals surface area contributed by atoms with Crippen molar-refractivity contribution in [1.29, 1.82) is 0 Å². The first-order valence-corrected chi connectivity index (χ1v) is 7.73. The van der Waals surface area contributed by atoms with Gasteiger partial charge in [0.2, 0.25) is 5.91 Å². The third-order valence-corrected chi connectivity index (χ3v) is 4.10. The van der Waals surface area contributed by atoms with Crippen molar-refractivity contribution < 1.29 is 14.7 Å². The zero-order chi connectivity index (χ0) is 15.4. The molecule has 1 heterocycles. The fourth-order valence-electron chi connectivity index (χ4n) is 2.19. The summed E-state index contributed by atoms with van der Waals surface area (Å²) in [5.41, 5.74) is 2.56. The second kappa shape index (κ2) is 6.67. The Hall–Kier alpha value is -1.95. The molecule has 0 spiro atoms. The second-order valence-electron chi connectivity index (χ2n) is 4.81. The van der Waals surface area contributed by atoms with Crippen LogP contribution in [0.15, 0.2) is 23.1 Å². The molecule has 0 bridgehead atoms. The lowest BCUT2D eigenvalue weighted by molar-refractivity contribution is -0.138. The minimum atomic E-state index is -0.890. The average Bonchev–Trinajstić information content (AvgIpc) is 3.07. The monoisotopic (exact) mass is 306 g/mol. The van der Waals surface area contributed by atoms with E-state index in [1.165, 1.54) is 0 Å². The summed E-state index contributed by atoms with van der Waals surface area (Å²) in [5, 5.41) is 11.7. The molecule has 0 fully saturated rings. The van der Waals surface area contributed by atoms with E-state index in [0.29, 0.717) is 18.5 Å². The zero-order valence-electron chi connectivity index (χ0n) is 12.1.